The van der Waals surface area contributed by atoms with E-state index in [9.17, 15) is 0 Å². The van der Waals surface area contributed by atoms with Crippen LogP contribution in [0.15, 0.2) is 40.9 Å². The first-order valence-corrected chi connectivity index (χ1v) is 7.33. The molecule has 0 aliphatic rings. The Balaban J connectivity index is 2.08. The van der Waals surface area contributed by atoms with Crippen LogP contribution in [0.1, 0.15) is 25.1 Å². The summed E-state index contributed by atoms with van der Waals surface area (Å²) in [5.74, 6) is 1.56. The third kappa shape index (κ3) is 4.06. The first kappa shape index (κ1) is 14.1. The molecule has 0 unspecified atom stereocenters. The molecule has 2 nitrogen and oxygen atoms in total. The second-order valence-electron chi connectivity index (χ2n) is 5.18. The molecule has 0 spiro atoms. The highest BCUT2D eigenvalue weighted by atomic mass is 79.9. The van der Waals surface area contributed by atoms with Crippen LogP contribution in [0.25, 0.3) is 0 Å². The van der Waals surface area contributed by atoms with Gasteiger partial charge in [0.15, 0.2) is 0 Å². The standard InChI is InChI=1S/C16H19BrN2/c1-11(2)10-13-4-6-14(7-5-13)19-16-9-8-15(17)12(3)18-16/h4-9,11H,10H2,1-3H3,(H,18,19). The number of hydrogen-bond acceptors (Lipinski definition) is 2. The van der Waals surface area contributed by atoms with Gasteiger partial charge >= 0.3 is 0 Å². The third-order valence-electron chi connectivity index (χ3n) is 2.89. The number of halogens is 1. The number of aromatic nitrogens is 1. The molecule has 0 aliphatic heterocycles. The predicted molar refractivity (Wildman–Crippen MR) is 84.9 cm³/mol. The van der Waals surface area contributed by atoms with Crippen LogP contribution in [-0.2, 0) is 6.42 Å². The minimum Gasteiger partial charge on any atom is -0.340 e. The van der Waals surface area contributed by atoms with Crippen LogP contribution in [0, 0.1) is 12.8 Å². The Kier molecular flexibility index (Phi) is 4.59. The van der Waals surface area contributed by atoms with Crippen molar-refractivity contribution in [3.63, 3.8) is 0 Å². The molecule has 1 aromatic heterocycles. The van der Waals surface area contributed by atoms with Crippen molar-refractivity contribution in [1.82, 2.24) is 4.98 Å². The largest absolute Gasteiger partial charge is 0.340 e. The summed E-state index contributed by atoms with van der Waals surface area (Å²) in [5, 5.41) is 3.32. The van der Waals surface area contributed by atoms with E-state index in [2.05, 4.69) is 64.3 Å². The molecule has 0 fully saturated rings. The minimum absolute atomic E-state index is 0.689. The van der Waals surface area contributed by atoms with Crippen LogP contribution in [0.4, 0.5) is 11.5 Å². The number of nitrogens with zero attached hydrogens (tertiary/aromatic N) is 1. The van der Waals surface area contributed by atoms with Gasteiger partial charge in [-0.05, 0) is 65.0 Å². The summed E-state index contributed by atoms with van der Waals surface area (Å²) in [6, 6.07) is 12.5. The topological polar surface area (TPSA) is 24.9 Å². The van der Waals surface area contributed by atoms with E-state index in [0.29, 0.717) is 5.92 Å². The molecule has 0 atom stereocenters. The quantitative estimate of drug-likeness (QED) is 0.848. The summed E-state index contributed by atoms with van der Waals surface area (Å²) in [4.78, 5) is 4.48. The van der Waals surface area contributed by atoms with Gasteiger partial charge < -0.3 is 5.32 Å². The number of hydrogen-bond donors (Lipinski definition) is 1. The van der Waals surface area contributed by atoms with E-state index in [-0.39, 0.29) is 0 Å². The summed E-state index contributed by atoms with van der Waals surface area (Å²) in [6.07, 6.45) is 1.12. The van der Waals surface area contributed by atoms with Gasteiger partial charge in [0.1, 0.15) is 5.82 Å². The first-order chi connectivity index (χ1) is 9.04. The minimum atomic E-state index is 0.689. The Hall–Kier alpha value is -1.35. The first-order valence-electron chi connectivity index (χ1n) is 6.53. The second kappa shape index (κ2) is 6.20. The van der Waals surface area contributed by atoms with Gasteiger partial charge in [0.2, 0.25) is 0 Å². The lowest BCUT2D eigenvalue weighted by molar-refractivity contribution is 0.647. The van der Waals surface area contributed by atoms with Crippen molar-refractivity contribution < 1.29 is 0 Å². The predicted octanol–water partition coefficient (Wildman–Crippen LogP) is 5.09. The zero-order valence-electron chi connectivity index (χ0n) is 11.6. The molecule has 2 aromatic rings. The summed E-state index contributed by atoms with van der Waals surface area (Å²) in [7, 11) is 0. The number of nitrogens with one attached hydrogen (secondary N) is 1. The molecule has 0 saturated heterocycles. The van der Waals surface area contributed by atoms with Gasteiger partial charge in [-0.1, -0.05) is 26.0 Å². The molecule has 1 heterocycles. The molecular weight excluding hydrogens is 300 g/mol. The molecule has 0 amide bonds. The van der Waals surface area contributed by atoms with E-state index in [0.717, 1.165) is 28.1 Å². The van der Waals surface area contributed by atoms with Gasteiger partial charge in [0, 0.05) is 10.2 Å². The molecule has 19 heavy (non-hydrogen) atoms. The normalized spacial score (nSPS) is 10.8. The molecule has 0 bridgehead atoms. The monoisotopic (exact) mass is 318 g/mol. The third-order valence-corrected chi connectivity index (χ3v) is 3.73. The Bertz CT molecular complexity index is 547. The van der Waals surface area contributed by atoms with Crippen LogP contribution < -0.4 is 5.32 Å². The maximum atomic E-state index is 4.48. The summed E-state index contributed by atoms with van der Waals surface area (Å²) in [6.45, 7) is 6.46. The fourth-order valence-corrected chi connectivity index (χ4v) is 2.18. The molecule has 1 N–H and O–H groups in total. The SMILES string of the molecule is Cc1nc(Nc2ccc(CC(C)C)cc2)ccc1Br. The van der Waals surface area contributed by atoms with E-state index >= 15 is 0 Å². The van der Waals surface area contributed by atoms with Crippen molar-refractivity contribution in [3.8, 4) is 0 Å². The van der Waals surface area contributed by atoms with Crippen molar-refractivity contribution in [2.45, 2.75) is 27.2 Å². The number of anilines is 2. The summed E-state index contributed by atoms with van der Waals surface area (Å²) >= 11 is 3.46. The van der Waals surface area contributed by atoms with Crippen LogP contribution in [0.3, 0.4) is 0 Å². The van der Waals surface area contributed by atoms with Crippen LogP contribution in [0.5, 0.6) is 0 Å². The number of benzene rings is 1. The van der Waals surface area contributed by atoms with E-state index in [1.54, 1.807) is 0 Å². The van der Waals surface area contributed by atoms with Gasteiger partial charge in [-0.25, -0.2) is 4.98 Å². The van der Waals surface area contributed by atoms with Gasteiger partial charge in [0.25, 0.3) is 0 Å². The molecule has 100 valence electrons. The van der Waals surface area contributed by atoms with Gasteiger partial charge in [-0.15, -0.1) is 0 Å². The molecule has 0 radical (unpaired) electrons. The van der Waals surface area contributed by atoms with Crippen LogP contribution in [0.2, 0.25) is 0 Å². The average molecular weight is 319 g/mol. The molecular formula is C16H19BrN2. The lowest BCUT2D eigenvalue weighted by Gasteiger charge is -2.09. The molecule has 0 saturated carbocycles. The van der Waals surface area contributed by atoms with Crippen molar-refractivity contribution in [3.05, 3.63) is 52.1 Å². The van der Waals surface area contributed by atoms with Gasteiger partial charge in [-0.2, -0.15) is 0 Å². The van der Waals surface area contributed by atoms with Gasteiger partial charge in [0.05, 0.1) is 5.69 Å². The summed E-state index contributed by atoms with van der Waals surface area (Å²) < 4.78 is 1.03. The Labute approximate surface area is 123 Å². The highest BCUT2D eigenvalue weighted by molar-refractivity contribution is 9.10. The highest BCUT2D eigenvalue weighted by Crippen LogP contribution is 2.20. The second-order valence-corrected chi connectivity index (χ2v) is 6.04. The lowest BCUT2D eigenvalue weighted by atomic mass is 10.0. The van der Waals surface area contributed by atoms with Crippen molar-refractivity contribution in [2.24, 2.45) is 5.92 Å². The number of aryl methyl sites for hydroxylation is 1. The van der Waals surface area contributed by atoms with E-state index in [1.807, 2.05) is 19.1 Å². The number of pyridine rings is 1. The maximum Gasteiger partial charge on any atom is 0.130 e. The molecule has 3 heteroatoms. The smallest absolute Gasteiger partial charge is 0.130 e. The van der Waals surface area contributed by atoms with Crippen LogP contribution >= 0.6 is 15.9 Å². The fraction of sp³-hybridized carbons (Fsp3) is 0.312. The van der Waals surface area contributed by atoms with Crippen molar-refractivity contribution in [1.29, 1.82) is 0 Å². The fourth-order valence-electron chi connectivity index (χ4n) is 1.96. The highest BCUT2D eigenvalue weighted by Gasteiger charge is 2.01. The summed E-state index contributed by atoms with van der Waals surface area (Å²) in [5.41, 5.74) is 3.43. The molecule has 1 aromatic carbocycles. The zero-order valence-corrected chi connectivity index (χ0v) is 13.2. The van der Waals surface area contributed by atoms with E-state index in [4.69, 9.17) is 0 Å². The maximum absolute atomic E-state index is 4.48. The van der Waals surface area contributed by atoms with Gasteiger partial charge in [-0.3, -0.25) is 0 Å². The van der Waals surface area contributed by atoms with Crippen LogP contribution in [-0.4, -0.2) is 4.98 Å². The average Bonchev–Trinajstić information content (AvgIpc) is 2.36. The van der Waals surface area contributed by atoms with E-state index < -0.39 is 0 Å². The lowest BCUT2D eigenvalue weighted by Crippen LogP contribution is -1.97. The Morgan fingerprint density at radius 2 is 1.79 bits per heavy atom. The molecule has 2 rings (SSSR count). The Morgan fingerprint density at radius 3 is 2.37 bits per heavy atom. The Morgan fingerprint density at radius 1 is 1.11 bits per heavy atom. The van der Waals surface area contributed by atoms with Crippen molar-refractivity contribution in [2.75, 3.05) is 5.32 Å². The number of rotatable bonds is 4. The molecule has 0 aliphatic carbocycles. The van der Waals surface area contributed by atoms with E-state index in [1.165, 1.54) is 5.56 Å². The zero-order chi connectivity index (χ0) is 13.8. The van der Waals surface area contributed by atoms with Crippen molar-refractivity contribution >= 4 is 27.4 Å².